The minimum Gasteiger partial charge on any atom is -0.316 e. The molecule has 0 heterocycles. The first kappa shape index (κ1) is 9.64. The molecule has 0 bridgehead atoms. The van der Waals surface area contributed by atoms with Gasteiger partial charge in [0.1, 0.15) is 5.82 Å². The normalized spacial score (nSPS) is 13.0. The quantitative estimate of drug-likeness (QED) is 0.771. The number of hydrogen-bond donors (Lipinski definition) is 2. The Kier molecular flexibility index (Phi) is 3.20. The van der Waals surface area contributed by atoms with Crippen molar-refractivity contribution in [3.63, 3.8) is 0 Å². The van der Waals surface area contributed by atoms with Crippen LogP contribution in [0.1, 0.15) is 18.5 Å². The summed E-state index contributed by atoms with van der Waals surface area (Å²) < 4.78 is 13.8. The highest BCUT2D eigenvalue weighted by molar-refractivity contribution is 9.10. The zero-order valence-electron chi connectivity index (χ0n) is 6.51. The lowest BCUT2D eigenvalue weighted by Crippen LogP contribution is -2.14. The van der Waals surface area contributed by atoms with Crippen molar-refractivity contribution in [2.24, 2.45) is 0 Å². The van der Waals surface area contributed by atoms with Gasteiger partial charge in [0.25, 0.3) is 0 Å². The Morgan fingerprint density at radius 3 is 2.83 bits per heavy atom. The van der Waals surface area contributed by atoms with Gasteiger partial charge in [0.2, 0.25) is 0 Å². The van der Waals surface area contributed by atoms with Gasteiger partial charge in [-0.15, -0.1) is 0 Å². The molecule has 0 radical (unpaired) electrons. The van der Waals surface area contributed by atoms with Crippen LogP contribution < -0.4 is 5.48 Å². The molecule has 2 N–H and O–H groups in total. The minimum atomic E-state index is -0.400. The van der Waals surface area contributed by atoms with Crippen LogP contribution in [0.5, 0.6) is 0 Å². The van der Waals surface area contributed by atoms with E-state index in [1.165, 1.54) is 6.07 Å². The summed E-state index contributed by atoms with van der Waals surface area (Å²) in [5.74, 6) is -0.327. The topological polar surface area (TPSA) is 32.3 Å². The molecular formula is C8H9BrFNO. The van der Waals surface area contributed by atoms with E-state index in [2.05, 4.69) is 15.9 Å². The van der Waals surface area contributed by atoms with Crippen LogP contribution in [0.2, 0.25) is 0 Å². The lowest BCUT2D eigenvalue weighted by Gasteiger charge is -2.10. The van der Waals surface area contributed by atoms with Crippen molar-refractivity contribution >= 4 is 15.9 Å². The third kappa shape index (κ3) is 2.03. The lowest BCUT2D eigenvalue weighted by atomic mass is 10.1. The van der Waals surface area contributed by atoms with Crippen molar-refractivity contribution in [3.05, 3.63) is 34.1 Å². The summed E-state index contributed by atoms with van der Waals surface area (Å²) in [6, 6.07) is 4.20. The number of rotatable bonds is 2. The predicted octanol–water partition coefficient (Wildman–Crippen LogP) is 2.63. The van der Waals surface area contributed by atoms with Gasteiger partial charge in [0.15, 0.2) is 0 Å². The monoisotopic (exact) mass is 233 g/mol. The minimum absolute atomic E-state index is 0.327. The van der Waals surface area contributed by atoms with Crippen LogP contribution in [0.4, 0.5) is 4.39 Å². The van der Waals surface area contributed by atoms with Crippen LogP contribution in [0.15, 0.2) is 22.7 Å². The fourth-order valence-electron chi connectivity index (χ4n) is 0.916. The third-order valence-electron chi connectivity index (χ3n) is 1.62. The first-order valence-electron chi connectivity index (χ1n) is 3.49. The van der Waals surface area contributed by atoms with Crippen LogP contribution in [-0.2, 0) is 0 Å². The molecule has 0 saturated carbocycles. The van der Waals surface area contributed by atoms with E-state index in [9.17, 15) is 4.39 Å². The fourth-order valence-corrected chi connectivity index (χ4v) is 1.29. The molecule has 0 amide bonds. The molecule has 0 fully saturated rings. The molecule has 4 heteroatoms. The van der Waals surface area contributed by atoms with Gasteiger partial charge in [0.05, 0.1) is 6.04 Å². The van der Waals surface area contributed by atoms with Crippen LogP contribution in [-0.4, -0.2) is 5.21 Å². The average Bonchev–Trinajstić information content (AvgIpc) is 2.08. The SMILES string of the molecule is C[C@H](NO)c1cc(Br)ccc1F. The third-order valence-corrected chi connectivity index (χ3v) is 2.11. The van der Waals surface area contributed by atoms with Crippen molar-refractivity contribution in [1.29, 1.82) is 0 Å². The van der Waals surface area contributed by atoms with Crippen molar-refractivity contribution in [3.8, 4) is 0 Å². The Hall–Kier alpha value is -0.450. The Morgan fingerprint density at radius 2 is 2.25 bits per heavy atom. The fraction of sp³-hybridized carbons (Fsp3) is 0.250. The molecule has 1 aromatic carbocycles. The average molecular weight is 234 g/mol. The highest BCUT2D eigenvalue weighted by Crippen LogP contribution is 2.20. The predicted molar refractivity (Wildman–Crippen MR) is 47.4 cm³/mol. The second-order valence-corrected chi connectivity index (χ2v) is 3.43. The van der Waals surface area contributed by atoms with Crippen molar-refractivity contribution in [2.45, 2.75) is 13.0 Å². The molecule has 0 saturated heterocycles. The van der Waals surface area contributed by atoms with E-state index >= 15 is 0 Å². The number of benzene rings is 1. The number of halogens is 2. The summed E-state index contributed by atoms with van der Waals surface area (Å²) in [6.45, 7) is 1.67. The standard InChI is InChI=1S/C8H9BrFNO/c1-5(11-12)7-4-6(9)2-3-8(7)10/h2-5,11-12H,1H3/t5-/m0/s1. The van der Waals surface area contributed by atoms with Crippen LogP contribution >= 0.6 is 15.9 Å². The van der Waals surface area contributed by atoms with E-state index in [1.807, 2.05) is 5.48 Å². The molecule has 1 aromatic rings. The summed E-state index contributed by atoms with van der Waals surface area (Å²) in [5, 5.41) is 8.57. The van der Waals surface area contributed by atoms with E-state index in [4.69, 9.17) is 5.21 Å². The van der Waals surface area contributed by atoms with Gasteiger partial charge < -0.3 is 5.21 Å². The Labute approximate surface area is 78.5 Å². The smallest absolute Gasteiger partial charge is 0.128 e. The van der Waals surface area contributed by atoms with Crippen LogP contribution in [0, 0.1) is 5.82 Å². The molecule has 0 aliphatic carbocycles. The highest BCUT2D eigenvalue weighted by Gasteiger charge is 2.09. The molecule has 0 aliphatic rings. The Morgan fingerprint density at radius 1 is 1.58 bits per heavy atom. The molecule has 2 nitrogen and oxygen atoms in total. The summed E-state index contributed by atoms with van der Waals surface area (Å²) in [6.07, 6.45) is 0. The lowest BCUT2D eigenvalue weighted by molar-refractivity contribution is 0.132. The largest absolute Gasteiger partial charge is 0.316 e. The second kappa shape index (κ2) is 3.98. The van der Waals surface area contributed by atoms with Gasteiger partial charge in [-0.25, -0.2) is 4.39 Å². The Bertz CT molecular complexity index is 280. The van der Waals surface area contributed by atoms with Gasteiger partial charge in [-0.2, -0.15) is 5.48 Å². The molecule has 1 rings (SSSR count). The first-order chi connectivity index (χ1) is 5.65. The van der Waals surface area contributed by atoms with Gasteiger partial charge in [0, 0.05) is 10.0 Å². The molecule has 12 heavy (non-hydrogen) atoms. The molecule has 0 aromatic heterocycles. The molecule has 1 atom stereocenters. The molecule has 0 spiro atoms. The number of hydroxylamine groups is 1. The van der Waals surface area contributed by atoms with Crippen LogP contribution in [0.3, 0.4) is 0 Å². The zero-order valence-corrected chi connectivity index (χ0v) is 8.10. The van der Waals surface area contributed by atoms with Crippen molar-refractivity contribution in [2.75, 3.05) is 0 Å². The summed E-state index contributed by atoms with van der Waals surface area (Å²) in [5.41, 5.74) is 2.43. The van der Waals surface area contributed by atoms with Gasteiger partial charge in [-0.1, -0.05) is 15.9 Å². The van der Waals surface area contributed by atoms with E-state index in [1.54, 1.807) is 19.1 Å². The zero-order chi connectivity index (χ0) is 9.14. The van der Waals surface area contributed by atoms with Gasteiger partial charge >= 0.3 is 0 Å². The molecule has 0 unspecified atom stereocenters. The second-order valence-electron chi connectivity index (χ2n) is 2.52. The maximum Gasteiger partial charge on any atom is 0.128 e. The van der Waals surface area contributed by atoms with E-state index < -0.39 is 6.04 Å². The van der Waals surface area contributed by atoms with E-state index in [0.29, 0.717) is 5.56 Å². The highest BCUT2D eigenvalue weighted by atomic mass is 79.9. The number of hydrogen-bond acceptors (Lipinski definition) is 2. The summed E-state index contributed by atoms with van der Waals surface area (Å²) in [4.78, 5) is 0. The maximum atomic E-state index is 13.0. The van der Waals surface area contributed by atoms with Gasteiger partial charge in [-0.3, -0.25) is 0 Å². The van der Waals surface area contributed by atoms with Crippen molar-refractivity contribution < 1.29 is 9.60 Å². The Balaban J connectivity index is 3.04. The van der Waals surface area contributed by atoms with Crippen molar-refractivity contribution in [1.82, 2.24) is 5.48 Å². The summed E-state index contributed by atoms with van der Waals surface area (Å²) >= 11 is 3.22. The molecule has 66 valence electrons. The molecular weight excluding hydrogens is 225 g/mol. The summed E-state index contributed by atoms with van der Waals surface area (Å²) in [7, 11) is 0. The van der Waals surface area contributed by atoms with Crippen LogP contribution in [0.25, 0.3) is 0 Å². The number of nitrogens with one attached hydrogen (secondary N) is 1. The first-order valence-corrected chi connectivity index (χ1v) is 4.29. The maximum absolute atomic E-state index is 13.0. The van der Waals surface area contributed by atoms with E-state index in [0.717, 1.165) is 4.47 Å². The van der Waals surface area contributed by atoms with E-state index in [-0.39, 0.29) is 5.82 Å². The van der Waals surface area contributed by atoms with Gasteiger partial charge in [-0.05, 0) is 25.1 Å². The molecule has 0 aliphatic heterocycles.